The molecule has 1 atom stereocenters. The molecular formula is C14H21FN2O3. The summed E-state index contributed by atoms with van der Waals surface area (Å²) in [5, 5.41) is 12.2. The molecule has 1 rings (SSSR count). The van der Waals surface area contributed by atoms with Crippen LogP contribution in [0.4, 0.5) is 9.18 Å². The van der Waals surface area contributed by atoms with Gasteiger partial charge in [0.05, 0.1) is 0 Å². The zero-order valence-corrected chi connectivity index (χ0v) is 11.9. The fraction of sp³-hybridized carbons (Fsp3) is 0.500. The SMILES string of the molecule is CC(C)(C)OC(=O)NCC(CN)c1cccc(F)c1O. The van der Waals surface area contributed by atoms with Crippen LogP contribution in [0.5, 0.6) is 5.75 Å². The molecule has 0 heterocycles. The van der Waals surface area contributed by atoms with Crippen LogP contribution in [0.2, 0.25) is 0 Å². The number of nitrogens with two attached hydrogens (primary N) is 1. The van der Waals surface area contributed by atoms with Crippen molar-refractivity contribution in [3.63, 3.8) is 0 Å². The summed E-state index contributed by atoms with van der Waals surface area (Å²) >= 11 is 0. The molecular weight excluding hydrogens is 263 g/mol. The third-order valence-electron chi connectivity index (χ3n) is 2.63. The molecule has 5 nitrogen and oxygen atoms in total. The van der Waals surface area contributed by atoms with Gasteiger partial charge >= 0.3 is 6.09 Å². The molecule has 0 aliphatic heterocycles. The van der Waals surface area contributed by atoms with E-state index in [9.17, 15) is 14.3 Å². The Kier molecular flexibility index (Phi) is 5.33. The van der Waals surface area contributed by atoms with Crippen LogP contribution in [0.3, 0.4) is 0 Å². The van der Waals surface area contributed by atoms with Gasteiger partial charge in [-0.25, -0.2) is 9.18 Å². The molecule has 1 aromatic carbocycles. The number of ether oxygens (including phenoxy) is 1. The first-order chi connectivity index (χ1) is 9.24. The van der Waals surface area contributed by atoms with E-state index < -0.39 is 29.2 Å². The number of carbonyl (C=O) groups is 1. The molecule has 0 saturated carbocycles. The van der Waals surface area contributed by atoms with E-state index in [-0.39, 0.29) is 13.1 Å². The number of aromatic hydroxyl groups is 1. The summed E-state index contributed by atoms with van der Waals surface area (Å²) in [5.74, 6) is -1.54. The lowest BCUT2D eigenvalue weighted by Gasteiger charge is -2.22. The highest BCUT2D eigenvalue weighted by Gasteiger charge is 2.20. The highest BCUT2D eigenvalue weighted by atomic mass is 19.1. The zero-order chi connectivity index (χ0) is 15.3. The summed E-state index contributed by atoms with van der Waals surface area (Å²) in [7, 11) is 0. The molecule has 1 amide bonds. The number of phenols is 1. The van der Waals surface area contributed by atoms with E-state index in [0.29, 0.717) is 5.56 Å². The van der Waals surface area contributed by atoms with Crippen molar-refractivity contribution in [3.05, 3.63) is 29.6 Å². The highest BCUT2D eigenvalue weighted by molar-refractivity contribution is 5.67. The molecule has 112 valence electrons. The molecule has 0 saturated heterocycles. The fourth-order valence-corrected chi connectivity index (χ4v) is 1.70. The smallest absolute Gasteiger partial charge is 0.407 e. The minimum absolute atomic E-state index is 0.155. The summed E-state index contributed by atoms with van der Waals surface area (Å²) < 4.78 is 18.4. The van der Waals surface area contributed by atoms with Crippen molar-refractivity contribution in [3.8, 4) is 5.75 Å². The van der Waals surface area contributed by atoms with Crippen molar-refractivity contribution in [1.29, 1.82) is 0 Å². The zero-order valence-electron chi connectivity index (χ0n) is 11.9. The predicted molar refractivity (Wildman–Crippen MR) is 74.1 cm³/mol. The lowest BCUT2D eigenvalue weighted by atomic mass is 9.98. The van der Waals surface area contributed by atoms with Crippen molar-refractivity contribution in [1.82, 2.24) is 5.32 Å². The molecule has 0 radical (unpaired) electrons. The van der Waals surface area contributed by atoms with Crippen molar-refractivity contribution >= 4 is 6.09 Å². The first-order valence-corrected chi connectivity index (χ1v) is 6.39. The molecule has 0 spiro atoms. The number of alkyl carbamates (subject to hydrolysis) is 1. The molecule has 1 unspecified atom stereocenters. The van der Waals surface area contributed by atoms with Crippen LogP contribution in [-0.4, -0.2) is 29.9 Å². The minimum atomic E-state index is -0.710. The lowest BCUT2D eigenvalue weighted by molar-refractivity contribution is 0.0524. The van der Waals surface area contributed by atoms with Gasteiger partial charge in [-0.05, 0) is 26.8 Å². The van der Waals surface area contributed by atoms with Gasteiger partial charge in [0.1, 0.15) is 5.60 Å². The number of phenolic OH excluding ortho intramolecular Hbond substituents is 1. The van der Waals surface area contributed by atoms with Gasteiger partial charge in [0.15, 0.2) is 11.6 Å². The summed E-state index contributed by atoms with van der Waals surface area (Å²) in [4.78, 5) is 11.6. The number of amides is 1. The number of hydrogen-bond donors (Lipinski definition) is 3. The van der Waals surface area contributed by atoms with E-state index in [1.165, 1.54) is 6.07 Å². The normalized spacial score (nSPS) is 12.8. The van der Waals surface area contributed by atoms with Gasteiger partial charge in [0, 0.05) is 24.6 Å². The van der Waals surface area contributed by atoms with Crippen molar-refractivity contribution in [2.45, 2.75) is 32.3 Å². The molecule has 0 fully saturated rings. The Morgan fingerprint density at radius 3 is 2.70 bits per heavy atom. The third-order valence-corrected chi connectivity index (χ3v) is 2.63. The van der Waals surface area contributed by atoms with Crippen LogP contribution in [0, 0.1) is 5.82 Å². The maximum Gasteiger partial charge on any atom is 0.407 e. The fourth-order valence-electron chi connectivity index (χ4n) is 1.70. The molecule has 0 bridgehead atoms. The third kappa shape index (κ3) is 4.70. The van der Waals surface area contributed by atoms with Gasteiger partial charge in [-0.15, -0.1) is 0 Å². The Labute approximate surface area is 117 Å². The Morgan fingerprint density at radius 1 is 1.50 bits per heavy atom. The van der Waals surface area contributed by atoms with E-state index in [1.54, 1.807) is 26.8 Å². The first-order valence-electron chi connectivity index (χ1n) is 6.39. The van der Waals surface area contributed by atoms with Crippen LogP contribution >= 0.6 is 0 Å². The standard InChI is InChI=1S/C14H21FN2O3/c1-14(2,3)20-13(19)17-8-9(7-16)10-5-4-6-11(15)12(10)18/h4-6,9,18H,7-8,16H2,1-3H3,(H,17,19). The number of carbonyl (C=O) groups excluding carboxylic acids is 1. The quantitative estimate of drug-likeness (QED) is 0.790. The summed E-state index contributed by atoms with van der Waals surface area (Å²) in [5.41, 5.74) is 5.38. The molecule has 0 aliphatic rings. The van der Waals surface area contributed by atoms with Gasteiger partial charge in [0.25, 0.3) is 0 Å². The van der Waals surface area contributed by atoms with Gasteiger partial charge < -0.3 is 20.9 Å². The van der Waals surface area contributed by atoms with Gasteiger partial charge in [-0.2, -0.15) is 0 Å². The average molecular weight is 284 g/mol. The van der Waals surface area contributed by atoms with E-state index in [4.69, 9.17) is 10.5 Å². The van der Waals surface area contributed by atoms with E-state index in [0.717, 1.165) is 6.07 Å². The first kappa shape index (κ1) is 16.2. The molecule has 6 heteroatoms. The Balaban J connectivity index is 2.69. The van der Waals surface area contributed by atoms with E-state index in [1.807, 2.05) is 0 Å². The number of para-hydroxylation sites is 1. The van der Waals surface area contributed by atoms with Gasteiger partial charge in [-0.1, -0.05) is 12.1 Å². The van der Waals surface area contributed by atoms with E-state index >= 15 is 0 Å². The largest absolute Gasteiger partial charge is 0.505 e. The minimum Gasteiger partial charge on any atom is -0.505 e. The second-order valence-electron chi connectivity index (χ2n) is 5.49. The number of rotatable bonds is 4. The monoisotopic (exact) mass is 284 g/mol. The maximum absolute atomic E-state index is 13.3. The van der Waals surface area contributed by atoms with Crippen molar-refractivity contribution in [2.24, 2.45) is 5.73 Å². The second kappa shape index (κ2) is 6.56. The molecule has 20 heavy (non-hydrogen) atoms. The van der Waals surface area contributed by atoms with Crippen LogP contribution in [0.15, 0.2) is 18.2 Å². The molecule has 0 aliphatic carbocycles. The average Bonchev–Trinajstić information content (AvgIpc) is 2.32. The number of halogens is 1. The van der Waals surface area contributed by atoms with Gasteiger partial charge in [-0.3, -0.25) is 0 Å². The highest BCUT2D eigenvalue weighted by Crippen LogP contribution is 2.27. The summed E-state index contributed by atoms with van der Waals surface area (Å²) in [6.45, 7) is 5.58. The van der Waals surface area contributed by atoms with E-state index in [2.05, 4.69) is 5.32 Å². The maximum atomic E-state index is 13.3. The summed E-state index contributed by atoms with van der Waals surface area (Å²) in [6, 6.07) is 4.22. The second-order valence-corrected chi connectivity index (χ2v) is 5.49. The lowest BCUT2D eigenvalue weighted by Crippen LogP contribution is -2.36. The van der Waals surface area contributed by atoms with Crippen LogP contribution in [0.25, 0.3) is 0 Å². The number of nitrogens with one attached hydrogen (secondary N) is 1. The Hall–Kier alpha value is -1.82. The van der Waals surface area contributed by atoms with Crippen LogP contribution < -0.4 is 11.1 Å². The van der Waals surface area contributed by atoms with Crippen LogP contribution in [-0.2, 0) is 4.74 Å². The molecule has 4 N–H and O–H groups in total. The molecule has 0 aromatic heterocycles. The summed E-state index contributed by atoms with van der Waals surface area (Å²) in [6.07, 6.45) is -0.577. The Morgan fingerprint density at radius 2 is 2.15 bits per heavy atom. The van der Waals surface area contributed by atoms with Crippen molar-refractivity contribution in [2.75, 3.05) is 13.1 Å². The Bertz CT molecular complexity index is 472. The topological polar surface area (TPSA) is 84.6 Å². The number of hydrogen-bond acceptors (Lipinski definition) is 4. The number of benzene rings is 1. The van der Waals surface area contributed by atoms with Gasteiger partial charge in [0.2, 0.25) is 0 Å². The van der Waals surface area contributed by atoms with Crippen LogP contribution in [0.1, 0.15) is 32.3 Å². The molecule has 1 aromatic rings. The van der Waals surface area contributed by atoms with Crippen molar-refractivity contribution < 1.29 is 19.0 Å². The predicted octanol–water partition coefficient (Wildman–Crippen LogP) is 2.10.